The molecule has 1 heterocycles. The second-order valence-corrected chi connectivity index (χ2v) is 1.61. The Kier molecular flexibility index (Phi) is 1.69. The van der Waals surface area contributed by atoms with E-state index in [0.717, 1.165) is 0 Å². The van der Waals surface area contributed by atoms with Crippen LogP contribution in [-0.4, -0.2) is 15.0 Å². The summed E-state index contributed by atoms with van der Waals surface area (Å²) in [6.45, 7) is 0. The maximum atomic E-state index is 8.16. The second kappa shape index (κ2) is 2.66. The number of nitriles is 1. The van der Waals surface area contributed by atoms with Crippen LogP contribution in [0, 0.1) is 11.5 Å². The fourth-order valence-electron chi connectivity index (χ4n) is 0.515. The molecule has 56 valence electrons. The zero-order valence-corrected chi connectivity index (χ0v) is 5.44. The van der Waals surface area contributed by atoms with Crippen molar-refractivity contribution in [3.05, 3.63) is 0 Å². The molecule has 0 atom stereocenters. The van der Waals surface area contributed by atoms with E-state index in [2.05, 4.69) is 20.3 Å². The van der Waals surface area contributed by atoms with Crippen LogP contribution in [0.5, 0.6) is 0 Å². The minimum Gasteiger partial charge on any atom is -0.368 e. The van der Waals surface area contributed by atoms with Gasteiger partial charge in [0.25, 0.3) is 0 Å². The molecule has 0 amide bonds. The fraction of sp³-hybridized carbons (Fsp3) is 0. The van der Waals surface area contributed by atoms with E-state index in [1.165, 1.54) is 0 Å². The molecule has 5 N–H and O–H groups in total. The number of rotatable bonds is 1. The highest BCUT2D eigenvalue weighted by atomic mass is 15.2. The average Bonchev–Trinajstić information content (AvgIpc) is 1.85. The second-order valence-electron chi connectivity index (χ2n) is 1.61. The van der Waals surface area contributed by atoms with Crippen molar-refractivity contribution in [2.45, 2.75) is 0 Å². The molecule has 1 aromatic heterocycles. The summed E-state index contributed by atoms with van der Waals surface area (Å²) in [5.41, 5.74) is 10.4. The molecule has 1 rings (SSSR count). The van der Waals surface area contributed by atoms with Gasteiger partial charge in [0.2, 0.25) is 17.8 Å². The van der Waals surface area contributed by atoms with E-state index in [9.17, 15) is 0 Å². The molecular weight excluding hydrogens is 146 g/mol. The predicted molar refractivity (Wildman–Crippen MR) is 37.9 cm³/mol. The topological polar surface area (TPSA) is 127 Å². The van der Waals surface area contributed by atoms with Gasteiger partial charge in [-0.15, -0.1) is 0 Å². The Labute approximate surface area is 62.1 Å². The standard InChI is InChI=1S/C4H5N7/c5-1-8-4-10-2(6)9-3(7)11-4/h(H5,6,7,8,9,10,11). The summed E-state index contributed by atoms with van der Waals surface area (Å²) in [6.07, 6.45) is 1.62. The van der Waals surface area contributed by atoms with Crippen molar-refractivity contribution < 1.29 is 0 Å². The molecule has 11 heavy (non-hydrogen) atoms. The molecule has 0 saturated heterocycles. The quantitative estimate of drug-likeness (QED) is 0.344. The van der Waals surface area contributed by atoms with E-state index in [4.69, 9.17) is 16.7 Å². The third kappa shape index (κ3) is 1.65. The summed E-state index contributed by atoms with van der Waals surface area (Å²) in [6, 6.07) is 0. The monoisotopic (exact) mass is 151 g/mol. The molecule has 0 radical (unpaired) electrons. The van der Waals surface area contributed by atoms with E-state index >= 15 is 0 Å². The molecule has 1 aromatic rings. The highest BCUT2D eigenvalue weighted by Crippen LogP contribution is 2.01. The van der Waals surface area contributed by atoms with Gasteiger partial charge >= 0.3 is 0 Å². The van der Waals surface area contributed by atoms with Crippen molar-refractivity contribution in [2.75, 3.05) is 16.8 Å². The fourth-order valence-corrected chi connectivity index (χ4v) is 0.515. The van der Waals surface area contributed by atoms with Gasteiger partial charge in [0.15, 0.2) is 6.19 Å². The van der Waals surface area contributed by atoms with Crippen LogP contribution >= 0.6 is 0 Å². The van der Waals surface area contributed by atoms with E-state index in [1.54, 1.807) is 6.19 Å². The number of nitrogens with one attached hydrogen (secondary N) is 1. The van der Waals surface area contributed by atoms with Crippen LogP contribution in [0.4, 0.5) is 17.8 Å². The Balaban J connectivity index is 3.01. The van der Waals surface area contributed by atoms with Gasteiger partial charge in [-0.3, -0.25) is 5.32 Å². The van der Waals surface area contributed by atoms with Crippen molar-refractivity contribution in [3.63, 3.8) is 0 Å². The van der Waals surface area contributed by atoms with Crippen molar-refractivity contribution in [2.24, 2.45) is 0 Å². The van der Waals surface area contributed by atoms with Gasteiger partial charge in [-0.2, -0.15) is 20.2 Å². The first-order valence-electron chi connectivity index (χ1n) is 2.64. The van der Waals surface area contributed by atoms with Gasteiger partial charge < -0.3 is 11.5 Å². The molecule has 0 spiro atoms. The van der Waals surface area contributed by atoms with Crippen molar-refractivity contribution in [3.8, 4) is 6.19 Å². The lowest BCUT2D eigenvalue weighted by molar-refractivity contribution is 1.08. The van der Waals surface area contributed by atoms with Gasteiger partial charge in [0.1, 0.15) is 0 Å². The van der Waals surface area contributed by atoms with Crippen LogP contribution in [-0.2, 0) is 0 Å². The maximum absolute atomic E-state index is 8.16. The van der Waals surface area contributed by atoms with Crippen LogP contribution in [0.1, 0.15) is 0 Å². The number of nitrogen functional groups attached to an aromatic ring is 2. The van der Waals surface area contributed by atoms with Crippen LogP contribution < -0.4 is 16.8 Å². The Morgan fingerprint density at radius 1 is 1.18 bits per heavy atom. The SMILES string of the molecule is N#CNc1nc(N)nc(N)n1. The Bertz CT molecular complexity index is 280. The number of hydrogen-bond acceptors (Lipinski definition) is 7. The van der Waals surface area contributed by atoms with E-state index in [-0.39, 0.29) is 17.8 Å². The smallest absolute Gasteiger partial charge is 0.242 e. The van der Waals surface area contributed by atoms with E-state index < -0.39 is 0 Å². The van der Waals surface area contributed by atoms with Gasteiger partial charge in [0.05, 0.1) is 0 Å². The normalized spacial score (nSPS) is 8.64. The lowest BCUT2D eigenvalue weighted by Gasteiger charge is -1.96. The van der Waals surface area contributed by atoms with Gasteiger partial charge in [0, 0.05) is 0 Å². The van der Waals surface area contributed by atoms with E-state index in [0.29, 0.717) is 0 Å². The largest absolute Gasteiger partial charge is 0.368 e. The van der Waals surface area contributed by atoms with Crippen LogP contribution in [0.25, 0.3) is 0 Å². The summed E-state index contributed by atoms with van der Waals surface area (Å²) < 4.78 is 0. The Morgan fingerprint density at radius 3 is 2.18 bits per heavy atom. The van der Waals surface area contributed by atoms with Crippen molar-refractivity contribution in [1.82, 2.24) is 15.0 Å². The first kappa shape index (κ1) is 7.01. The summed E-state index contributed by atoms with van der Waals surface area (Å²) in [7, 11) is 0. The number of aromatic nitrogens is 3. The number of nitrogens with zero attached hydrogens (tertiary/aromatic N) is 4. The molecule has 0 aliphatic carbocycles. The molecule has 0 aliphatic rings. The van der Waals surface area contributed by atoms with Crippen LogP contribution in [0.15, 0.2) is 0 Å². The summed E-state index contributed by atoms with van der Waals surface area (Å²) >= 11 is 0. The molecule has 0 aliphatic heterocycles. The number of anilines is 3. The highest BCUT2D eigenvalue weighted by Gasteiger charge is 1.98. The third-order valence-corrected chi connectivity index (χ3v) is 0.838. The first-order chi connectivity index (χ1) is 5.22. The Hall–Kier alpha value is -2.10. The average molecular weight is 151 g/mol. The molecule has 0 fully saturated rings. The van der Waals surface area contributed by atoms with Gasteiger partial charge in [-0.25, -0.2) is 0 Å². The Morgan fingerprint density at radius 2 is 1.73 bits per heavy atom. The first-order valence-corrected chi connectivity index (χ1v) is 2.64. The van der Waals surface area contributed by atoms with E-state index in [1.807, 2.05) is 0 Å². The zero-order chi connectivity index (χ0) is 8.27. The predicted octanol–water partition coefficient (Wildman–Crippen LogP) is -1.07. The minimum atomic E-state index is -0.0183. The van der Waals surface area contributed by atoms with Crippen LogP contribution in [0.2, 0.25) is 0 Å². The third-order valence-electron chi connectivity index (χ3n) is 0.838. The summed E-state index contributed by atoms with van der Waals surface area (Å²) in [4.78, 5) is 10.6. The number of nitrogens with two attached hydrogens (primary N) is 2. The van der Waals surface area contributed by atoms with Gasteiger partial charge in [-0.05, 0) is 0 Å². The summed E-state index contributed by atoms with van der Waals surface area (Å²) in [5.74, 6) is 0.0167. The molecule has 7 heteroatoms. The van der Waals surface area contributed by atoms with Crippen molar-refractivity contribution >= 4 is 17.8 Å². The summed E-state index contributed by atoms with van der Waals surface area (Å²) in [5, 5.41) is 10.3. The molecular formula is C4H5N7. The zero-order valence-electron chi connectivity index (χ0n) is 5.44. The lowest BCUT2D eigenvalue weighted by Crippen LogP contribution is -2.05. The maximum Gasteiger partial charge on any atom is 0.242 e. The lowest BCUT2D eigenvalue weighted by atomic mass is 10.8. The molecule has 0 unspecified atom stereocenters. The molecule has 0 bridgehead atoms. The van der Waals surface area contributed by atoms with Crippen LogP contribution in [0.3, 0.4) is 0 Å². The number of hydrogen-bond donors (Lipinski definition) is 3. The van der Waals surface area contributed by atoms with Gasteiger partial charge in [-0.1, -0.05) is 0 Å². The minimum absolute atomic E-state index is 0.0183. The highest BCUT2D eigenvalue weighted by molar-refractivity contribution is 5.39. The molecule has 7 nitrogen and oxygen atoms in total. The molecule has 0 saturated carbocycles. The van der Waals surface area contributed by atoms with Crippen molar-refractivity contribution in [1.29, 1.82) is 5.26 Å². The molecule has 0 aromatic carbocycles.